The molecule has 1 amide bonds. The van der Waals surface area contributed by atoms with Gasteiger partial charge in [0.05, 0.1) is 11.8 Å². The zero-order valence-corrected chi connectivity index (χ0v) is 10.0. The van der Waals surface area contributed by atoms with Crippen LogP contribution in [0.15, 0.2) is 18.5 Å². The fourth-order valence-corrected chi connectivity index (χ4v) is 1.10. The Labute approximate surface area is 99.0 Å². The van der Waals surface area contributed by atoms with Gasteiger partial charge in [0, 0.05) is 18.6 Å². The number of hydrogen-bond acceptors (Lipinski definition) is 2. The van der Waals surface area contributed by atoms with E-state index >= 15 is 0 Å². The van der Waals surface area contributed by atoms with Gasteiger partial charge in [0.25, 0.3) is 5.91 Å². The normalized spacial score (nSPS) is 11.2. The van der Waals surface area contributed by atoms with Crippen molar-refractivity contribution in [3.8, 4) is 0 Å². The molecule has 0 aliphatic heterocycles. The highest BCUT2D eigenvalue weighted by atomic mass is 35.5. The van der Waals surface area contributed by atoms with Gasteiger partial charge in [0.15, 0.2) is 0 Å². The van der Waals surface area contributed by atoms with E-state index in [0.717, 1.165) is 12.3 Å². The van der Waals surface area contributed by atoms with Gasteiger partial charge < -0.3 is 5.32 Å². The molecule has 0 radical (unpaired) electrons. The Hall–Kier alpha value is -1.16. The largest absolute Gasteiger partial charge is 0.351 e. The molecule has 1 rings (SSSR count). The van der Waals surface area contributed by atoms with E-state index in [4.69, 9.17) is 11.6 Å². The van der Waals surface area contributed by atoms with Gasteiger partial charge in [-0.2, -0.15) is 0 Å². The molecule has 1 aromatic heterocycles. The van der Waals surface area contributed by atoms with Crippen LogP contribution in [-0.4, -0.2) is 23.3 Å². The van der Waals surface area contributed by atoms with E-state index in [0.29, 0.717) is 12.4 Å². The molecule has 0 unspecified atom stereocenters. The Balaban J connectivity index is 2.60. The summed E-state index contributed by atoms with van der Waals surface area (Å²) in [5, 5.41) is 2.69. The maximum Gasteiger partial charge on any atom is 0.252 e. The summed E-state index contributed by atoms with van der Waals surface area (Å²) in [6.07, 6.45) is 2.38. The number of nitrogens with zero attached hydrogens (tertiary/aromatic N) is 1. The van der Waals surface area contributed by atoms with Crippen LogP contribution in [0.2, 0.25) is 0 Å². The summed E-state index contributed by atoms with van der Waals surface area (Å²) < 4.78 is 12.8. The zero-order valence-electron chi connectivity index (χ0n) is 9.26. The summed E-state index contributed by atoms with van der Waals surface area (Å²) in [5.41, 5.74) is 0.0307. The van der Waals surface area contributed by atoms with Crippen LogP contribution in [0.5, 0.6) is 0 Å². The molecule has 0 spiro atoms. The first-order valence-electron chi connectivity index (χ1n) is 4.89. The van der Waals surface area contributed by atoms with E-state index in [1.54, 1.807) is 0 Å². The maximum absolute atomic E-state index is 12.8. The smallest absolute Gasteiger partial charge is 0.252 e. The molecule has 0 fully saturated rings. The number of halogens is 2. The highest BCUT2D eigenvalue weighted by molar-refractivity contribution is 6.18. The van der Waals surface area contributed by atoms with Gasteiger partial charge in [0.2, 0.25) is 0 Å². The Bertz CT molecular complexity index is 382. The lowest BCUT2D eigenvalue weighted by molar-refractivity contribution is 0.0939. The monoisotopic (exact) mass is 244 g/mol. The summed E-state index contributed by atoms with van der Waals surface area (Å²) in [6, 6.07) is 1.15. The predicted molar refractivity (Wildman–Crippen MR) is 61.0 cm³/mol. The third-order valence-corrected chi connectivity index (χ3v) is 2.78. The summed E-state index contributed by atoms with van der Waals surface area (Å²) in [5.74, 6) is -0.427. The molecular weight excluding hydrogens is 231 g/mol. The average molecular weight is 245 g/mol. The molecule has 0 bridgehead atoms. The number of carbonyl (C=O) groups is 1. The van der Waals surface area contributed by atoms with E-state index in [-0.39, 0.29) is 16.9 Å². The predicted octanol–water partition coefficient (Wildman–Crippen LogP) is 2.22. The van der Waals surface area contributed by atoms with Gasteiger partial charge in [-0.3, -0.25) is 9.78 Å². The molecule has 0 atom stereocenters. The Kier molecular flexibility index (Phi) is 4.24. The molecule has 3 nitrogen and oxygen atoms in total. The first kappa shape index (κ1) is 12.9. The van der Waals surface area contributed by atoms with Crippen LogP contribution in [0.3, 0.4) is 0 Å². The lowest BCUT2D eigenvalue weighted by Gasteiger charge is -2.21. The van der Waals surface area contributed by atoms with E-state index in [1.165, 1.54) is 6.20 Å². The van der Waals surface area contributed by atoms with E-state index < -0.39 is 5.82 Å². The highest BCUT2D eigenvalue weighted by Gasteiger charge is 2.18. The van der Waals surface area contributed by atoms with E-state index in [9.17, 15) is 9.18 Å². The second kappa shape index (κ2) is 5.25. The minimum Gasteiger partial charge on any atom is -0.351 e. The molecule has 1 heterocycles. The molecule has 16 heavy (non-hydrogen) atoms. The van der Waals surface area contributed by atoms with Gasteiger partial charge in [-0.05, 0) is 11.5 Å². The molecule has 0 saturated heterocycles. The number of carbonyl (C=O) groups excluding carboxylic acids is 1. The minimum absolute atomic E-state index is 0.183. The third-order valence-electron chi connectivity index (χ3n) is 2.06. The van der Waals surface area contributed by atoms with Gasteiger partial charge in [-0.15, -0.1) is 11.6 Å². The highest BCUT2D eigenvalue weighted by Crippen LogP contribution is 2.15. The molecule has 1 N–H and O–H groups in total. The number of alkyl halides is 1. The molecule has 5 heteroatoms. The average Bonchev–Trinajstić information content (AvgIpc) is 2.26. The molecule has 0 aromatic carbocycles. The van der Waals surface area contributed by atoms with Crippen molar-refractivity contribution in [3.05, 3.63) is 29.8 Å². The van der Waals surface area contributed by atoms with Crippen molar-refractivity contribution in [2.75, 3.05) is 12.4 Å². The fourth-order valence-electron chi connectivity index (χ4n) is 1.00. The first-order chi connectivity index (χ1) is 7.44. The molecule has 1 aromatic rings. The van der Waals surface area contributed by atoms with Gasteiger partial charge >= 0.3 is 0 Å². The molecular formula is C11H14ClFN2O. The van der Waals surface area contributed by atoms with Crippen molar-refractivity contribution in [1.29, 1.82) is 0 Å². The van der Waals surface area contributed by atoms with Crippen molar-refractivity contribution < 1.29 is 9.18 Å². The molecule has 88 valence electrons. The van der Waals surface area contributed by atoms with Crippen molar-refractivity contribution >= 4 is 17.5 Å². The second-order valence-corrected chi connectivity index (χ2v) is 4.64. The fraction of sp³-hybridized carbons (Fsp3) is 0.455. The Morgan fingerprint density at radius 2 is 2.25 bits per heavy atom. The van der Waals surface area contributed by atoms with Crippen LogP contribution in [0.4, 0.5) is 4.39 Å². The van der Waals surface area contributed by atoms with Crippen LogP contribution in [0, 0.1) is 11.2 Å². The van der Waals surface area contributed by atoms with Crippen molar-refractivity contribution in [1.82, 2.24) is 10.3 Å². The Morgan fingerprint density at radius 1 is 1.56 bits per heavy atom. The number of amides is 1. The number of rotatable bonds is 4. The lowest BCUT2D eigenvalue weighted by Crippen LogP contribution is -2.35. The lowest BCUT2D eigenvalue weighted by atomic mass is 9.96. The summed E-state index contributed by atoms with van der Waals surface area (Å²) in [7, 11) is 0. The van der Waals surface area contributed by atoms with Crippen molar-refractivity contribution in [2.45, 2.75) is 13.8 Å². The zero-order chi connectivity index (χ0) is 12.2. The second-order valence-electron chi connectivity index (χ2n) is 4.37. The van der Waals surface area contributed by atoms with E-state index in [2.05, 4.69) is 10.3 Å². The number of pyridine rings is 1. The standard InChI is InChI=1S/C11H14ClFN2O/c1-11(2,6-12)7-15-10(16)8-3-9(13)5-14-4-8/h3-5H,6-7H2,1-2H3,(H,15,16). The van der Waals surface area contributed by atoms with Crippen molar-refractivity contribution in [3.63, 3.8) is 0 Å². The quantitative estimate of drug-likeness (QED) is 0.826. The SMILES string of the molecule is CC(C)(CCl)CNC(=O)c1cncc(F)c1. The number of nitrogens with one attached hydrogen (secondary N) is 1. The summed E-state index contributed by atoms with van der Waals surface area (Å²) in [6.45, 7) is 4.31. The van der Waals surface area contributed by atoms with Gasteiger partial charge in [-0.25, -0.2) is 4.39 Å². The Morgan fingerprint density at radius 3 is 2.81 bits per heavy atom. The first-order valence-corrected chi connectivity index (χ1v) is 5.43. The molecule has 0 saturated carbocycles. The van der Waals surface area contributed by atoms with E-state index in [1.807, 2.05) is 13.8 Å². The molecule has 0 aliphatic carbocycles. The maximum atomic E-state index is 12.8. The van der Waals surface area contributed by atoms with Gasteiger partial charge in [-0.1, -0.05) is 13.8 Å². The summed E-state index contributed by atoms with van der Waals surface area (Å²) in [4.78, 5) is 15.2. The van der Waals surface area contributed by atoms with Crippen molar-refractivity contribution in [2.24, 2.45) is 5.41 Å². The van der Waals surface area contributed by atoms with Crippen LogP contribution >= 0.6 is 11.6 Å². The third kappa shape index (κ3) is 3.77. The van der Waals surface area contributed by atoms with Gasteiger partial charge in [0.1, 0.15) is 5.82 Å². The van der Waals surface area contributed by atoms with Crippen LogP contribution in [0.25, 0.3) is 0 Å². The van der Waals surface area contributed by atoms with Crippen LogP contribution < -0.4 is 5.32 Å². The minimum atomic E-state index is -0.524. The number of hydrogen-bond donors (Lipinski definition) is 1. The molecule has 0 aliphatic rings. The number of aromatic nitrogens is 1. The van der Waals surface area contributed by atoms with Crippen LogP contribution in [-0.2, 0) is 0 Å². The van der Waals surface area contributed by atoms with Crippen LogP contribution in [0.1, 0.15) is 24.2 Å². The summed E-state index contributed by atoms with van der Waals surface area (Å²) >= 11 is 5.72. The topological polar surface area (TPSA) is 42.0 Å².